The molecule has 1 amide bonds. The first-order valence-electron chi connectivity index (χ1n) is 12.9. The molecule has 2 fully saturated rings. The van der Waals surface area contributed by atoms with E-state index in [4.69, 9.17) is 37.9 Å². The van der Waals surface area contributed by atoms with Gasteiger partial charge in [-0.2, -0.15) is 0 Å². The molecule has 0 radical (unpaired) electrons. The second kappa shape index (κ2) is 8.38. The molecular formula is C27H32Cl2N4O3. The van der Waals surface area contributed by atoms with Crippen LogP contribution in [0.5, 0.6) is 5.75 Å². The SMILES string of the molecule is CC(C)(C)OC(=O)N1C2CCC1CN(c1nc(Cl)nc3c1CCC1(CCc4c(Cl)cc(O)cc41)C3)C2. The van der Waals surface area contributed by atoms with Gasteiger partial charge in [-0.15, -0.1) is 0 Å². The highest BCUT2D eigenvalue weighted by molar-refractivity contribution is 6.31. The Morgan fingerprint density at radius 3 is 2.42 bits per heavy atom. The standard InChI is InChI=1S/C27H32Cl2N4O3/c1-26(2,3)36-25(35)33-15-4-5-16(33)14-32(13-15)23-19-7-9-27(12-22(19)30-24(29)31-23)8-6-18-20(27)10-17(34)11-21(18)28/h10-11,15-16,34H,4-9,12-14H2,1-3H3. The van der Waals surface area contributed by atoms with Crippen LogP contribution in [0.4, 0.5) is 10.6 Å². The number of piperazine rings is 1. The zero-order chi connectivity index (χ0) is 25.4. The highest BCUT2D eigenvalue weighted by atomic mass is 35.5. The van der Waals surface area contributed by atoms with Crippen molar-refractivity contribution in [3.05, 3.63) is 44.8 Å². The number of carbonyl (C=O) groups is 1. The van der Waals surface area contributed by atoms with Gasteiger partial charge in [0, 0.05) is 29.1 Å². The second-order valence-corrected chi connectivity index (χ2v) is 12.6. The van der Waals surface area contributed by atoms with Gasteiger partial charge in [0.15, 0.2) is 0 Å². The van der Waals surface area contributed by atoms with E-state index in [1.54, 1.807) is 6.07 Å². The summed E-state index contributed by atoms with van der Waals surface area (Å²) in [6.07, 6.45) is 6.16. The van der Waals surface area contributed by atoms with Crippen LogP contribution < -0.4 is 4.90 Å². The van der Waals surface area contributed by atoms with Crippen LogP contribution in [0.3, 0.4) is 0 Å². The average Bonchev–Trinajstić information content (AvgIpc) is 3.26. The predicted molar refractivity (Wildman–Crippen MR) is 139 cm³/mol. The summed E-state index contributed by atoms with van der Waals surface area (Å²) in [6, 6.07) is 3.73. The lowest BCUT2D eigenvalue weighted by atomic mass is 9.69. The summed E-state index contributed by atoms with van der Waals surface area (Å²) in [4.78, 5) is 26.6. The van der Waals surface area contributed by atoms with Crippen molar-refractivity contribution in [2.75, 3.05) is 18.0 Å². The Balaban J connectivity index is 1.28. The van der Waals surface area contributed by atoms with Gasteiger partial charge >= 0.3 is 6.09 Å². The summed E-state index contributed by atoms with van der Waals surface area (Å²) < 4.78 is 5.70. The number of anilines is 1. The first kappa shape index (κ1) is 24.1. The zero-order valence-corrected chi connectivity index (χ0v) is 22.5. The molecule has 2 saturated heterocycles. The van der Waals surface area contributed by atoms with E-state index < -0.39 is 5.60 Å². The maximum absolute atomic E-state index is 12.9. The molecule has 3 unspecified atom stereocenters. The lowest BCUT2D eigenvalue weighted by Crippen LogP contribution is -2.57. The van der Waals surface area contributed by atoms with Gasteiger partial charge in [-0.3, -0.25) is 4.90 Å². The van der Waals surface area contributed by atoms with Crippen molar-refractivity contribution < 1.29 is 14.6 Å². The maximum Gasteiger partial charge on any atom is 0.410 e. The number of nitrogens with zero attached hydrogens (tertiary/aromatic N) is 4. The van der Waals surface area contributed by atoms with Gasteiger partial charge in [0.2, 0.25) is 5.28 Å². The molecule has 9 heteroatoms. The summed E-state index contributed by atoms with van der Waals surface area (Å²) in [5.41, 5.74) is 3.85. The van der Waals surface area contributed by atoms with Crippen molar-refractivity contribution in [2.24, 2.45) is 0 Å². The molecule has 2 aliphatic carbocycles. The number of aromatic hydroxyl groups is 1. The minimum absolute atomic E-state index is 0.0892. The third kappa shape index (κ3) is 3.99. The molecule has 2 bridgehead atoms. The molecule has 2 aromatic rings. The fourth-order valence-corrected chi connectivity index (χ4v) is 7.40. The van der Waals surface area contributed by atoms with Crippen LogP contribution in [0.2, 0.25) is 10.3 Å². The molecular weight excluding hydrogens is 499 g/mol. The second-order valence-electron chi connectivity index (χ2n) is 11.8. The summed E-state index contributed by atoms with van der Waals surface area (Å²) in [5.74, 6) is 1.12. The molecule has 3 heterocycles. The van der Waals surface area contributed by atoms with Gasteiger partial charge in [-0.25, -0.2) is 14.8 Å². The number of hydrogen-bond donors (Lipinski definition) is 1. The molecule has 36 heavy (non-hydrogen) atoms. The Labute approximate surface area is 221 Å². The number of phenolic OH excluding ortho intramolecular Hbond substituents is 1. The van der Waals surface area contributed by atoms with Crippen LogP contribution >= 0.6 is 23.2 Å². The Morgan fingerprint density at radius 1 is 1.08 bits per heavy atom. The van der Waals surface area contributed by atoms with Crippen LogP contribution in [-0.2, 0) is 29.4 Å². The Bertz CT molecular complexity index is 1230. The average molecular weight is 531 g/mol. The Kier molecular flexibility index (Phi) is 5.61. The molecule has 1 aromatic heterocycles. The number of rotatable bonds is 1. The zero-order valence-electron chi connectivity index (χ0n) is 21.0. The van der Waals surface area contributed by atoms with Crippen LogP contribution in [0.25, 0.3) is 0 Å². The van der Waals surface area contributed by atoms with Crippen LogP contribution in [0, 0.1) is 0 Å². The monoisotopic (exact) mass is 530 g/mol. The van der Waals surface area contributed by atoms with Gasteiger partial charge in [0.25, 0.3) is 0 Å². The molecule has 7 nitrogen and oxygen atoms in total. The minimum Gasteiger partial charge on any atom is -0.508 e. The fraction of sp³-hybridized carbons (Fsp3) is 0.593. The smallest absolute Gasteiger partial charge is 0.410 e. The minimum atomic E-state index is -0.511. The van der Waals surface area contributed by atoms with E-state index in [1.807, 2.05) is 31.7 Å². The Morgan fingerprint density at radius 2 is 1.75 bits per heavy atom. The van der Waals surface area contributed by atoms with E-state index in [1.165, 1.54) is 0 Å². The van der Waals surface area contributed by atoms with Crippen molar-refractivity contribution in [1.82, 2.24) is 14.9 Å². The van der Waals surface area contributed by atoms with Gasteiger partial charge < -0.3 is 14.7 Å². The number of aromatic nitrogens is 2. The third-order valence-corrected chi connectivity index (χ3v) is 8.90. The third-order valence-electron chi connectivity index (χ3n) is 8.39. The number of ether oxygens (including phenoxy) is 1. The first-order valence-corrected chi connectivity index (χ1v) is 13.6. The molecule has 1 N–H and O–H groups in total. The van der Waals surface area contributed by atoms with E-state index in [0.717, 1.165) is 73.1 Å². The molecule has 192 valence electrons. The lowest BCUT2D eigenvalue weighted by Gasteiger charge is -2.43. The molecule has 0 saturated carbocycles. The summed E-state index contributed by atoms with van der Waals surface area (Å²) in [6.45, 7) is 7.15. The summed E-state index contributed by atoms with van der Waals surface area (Å²) in [7, 11) is 0. The van der Waals surface area contributed by atoms with Crippen molar-refractivity contribution >= 4 is 35.1 Å². The topological polar surface area (TPSA) is 78.8 Å². The maximum atomic E-state index is 12.9. The van der Waals surface area contributed by atoms with Gasteiger partial charge in [-0.1, -0.05) is 11.6 Å². The molecule has 1 aromatic carbocycles. The van der Waals surface area contributed by atoms with Crippen LogP contribution in [0.15, 0.2) is 12.1 Å². The van der Waals surface area contributed by atoms with E-state index in [9.17, 15) is 9.90 Å². The van der Waals surface area contributed by atoms with Crippen molar-refractivity contribution in [2.45, 2.75) is 88.8 Å². The molecule has 1 spiro atoms. The number of hydrogen-bond acceptors (Lipinski definition) is 6. The van der Waals surface area contributed by atoms with Crippen molar-refractivity contribution in [3.63, 3.8) is 0 Å². The number of fused-ring (bicyclic) bond motifs is 5. The van der Waals surface area contributed by atoms with Gasteiger partial charge in [0.1, 0.15) is 17.2 Å². The van der Waals surface area contributed by atoms with E-state index >= 15 is 0 Å². The number of phenols is 1. The first-order chi connectivity index (χ1) is 17.0. The number of carbonyl (C=O) groups excluding carboxylic acids is 1. The summed E-state index contributed by atoms with van der Waals surface area (Å²) >= 11 is 13.0. The summed E-state index contributed by atoms with van der Waals surface area (Å²) in [5, 5.41) is 11.2. The lowest BCUT2D eigenvalue weighted by molar-refractivity contribution is 0.0122. The van der Waals surface area contributed by atoms with Crippen LogP contribution in [-0.4, -0.2) is 56.8 Å². The van der Waals surface area contributed by atoms with Gasteiger partial charge in [0.05, 0.1) is 17.8 Å². The number of halogens is 2. The molecule has 2 aliphatic heterocycles. The number of amides is 1. The van der Waals surface area contributed by atoms with E-state index in [0.29, 0.717) is 18.1 Å². The van der Waals surface area contributed by atoms with Crippen molar-refractivity contribution in [1.29, 1.82) is 0 Å². The normalized spacial score (nSPS) is 26.8. The largest absolute Gasteiger partial charge is 0.508 e. The van der Waals surface area contributed by atoms with Gasteiger partial charge in [-0.05, 0) is 101 Å². The molecule has 3 atom stereocenters. The predicted octanol–water partition coefficient (Wildman–Crippen LogP) is 5.45. The Hall–Kier alpha value is -2.25. The molecule has 4 aliphatic rings. The van der Waals surface area contributed by atoms with E-state index in [2.05, 4.69) is 4.90 Å². The quantitative estimate of drug-likeness (QED) is 0.493. The highest BCUT2D eigenvalue weighted by Crippen LogP contribution is 2.51. The fourth-order valence-electron chi connectivity index (χ4n) is 6.91. The van der Waals surface area contributed by atoms with E-state index in [-0.39, 0.29) is 34.6 Å². The van der Waals surface area contributed by atoms with Crippen molar-refractivity contribution in [3.8, 4) is 5.75 Å². The van der Waals surface area contributed by atoms with Crippen LogP contribution in [0.1, 0.15) is 68.8 Å². The molecule has 6 rings (SSSR count). The number of benzene rings is 1. The highest BCUT2D eigenvalue weighted by Gasteiger charge is 2.47.